The maximum atomic E-state index is 12.3. The number of aromatic nitrogens is 1. The van der Waals surface area contributed by atoms with E-state index in [0.717, 1.165) is 42.4 Å². The summed E-state index contributed by atoms with van der Waals surface area (Å²) in [7, 11) is 4.05. The number of hydrogen-bond donors (Lipinski definition) is 2. The van der Waals surface area contributed by atoms with Crippen LogP contribution in [0.1, 0.15) is 32.8 Å². The molecule has 0 saturated carbocycles. The zero-order chi connectivity index (χ0) is 16.6. The Morgan fingerprint density at radius 2 is 2.17 bits per heavy atom. The molecule has 0 atom stereocenters. The highest BCUT2D eigenvalue weighted by molar-refractivity contribution is 6.04. The number of carboxylic acids is 1. The molecule has 0 spiro atoms. The highest BCUT2D eigenvalue weighted by Gasteiger charge is 2.26. The largest absolute Gasteiger partial charge is 0.478 e. The predicted octanol–water partition coefficient (Wildman–Crippen LogP) is 1.58. The van der Waals surface area contributed by atoms with Crippen LogP contribution in [0.4, 0.5) is 0 Å². The van der Waals surface area contributed by atoms with E-state index in [4.69, 9.17) is 0 Å². The smallest absolute Gasteiger partial charge is 0.335 e. The number of benzene rings is 1. The number of nitrogens with zero attached hydrogens (tertiary/aromatic N) is 2. The number of rotatable bonds is 5. The molecule has 23 heavy (non-hydrogen) atoms. The molecule has 122 valence electrons. The number of nitrogens with one attached hydrogen (secondary N) is 1. The van der Waals surface area contributed by atoms with Crippen molar-refractivity contribution in [1.82, 2.24) is 14.8 Å². The molecule has 0 saturated heterocycles. The molecule has 2 aromatic rings. The molecule has 2 N–H and O–H groups in total. The van der Waals surface area contributed by atoms with Crippen molar-refractivity contribution < 1.29 is 14.7 Å². The van der Waals surface area contributed by atoms with Gasteiger partial charge in [0.15, 0.2) is 0 Å². The van der Waals surface area contributed by atoms with Crippen molar-refractivity contribution in [3.8, 4) is 0 Å². The van der Waals surface area contributed by atoms with Gasteiger partial charge >= 0.3 is 5.97 Å². The molecule has 0 radical (unpaired) electrons. The quantitative estimate of drug-likeness (QED) is 0.878. The number of carbonyl (C=O) groups excluding carboxylic acids is 1. The maximum absolute atomic E-state index is 12.3. The van der Waals surface area contributed by atoms with Gasteiger partial charge in [0.25, 0.3) is 5.91 Å². The van der Waals surface area contributed by atoms with E-state index in [1.165, 1.54) is 0 Å². The Morgan fingerprint density at radius 3 is 2.87 bits per heavy atom. The van der Waals surface area contributed by atoms with Gasteiger partial charge in [-0.25, -0.2) is 4.79 Å². The average molecular weight is 315 g/mol. The maximum Gasteiger partial charge on any atom is 0.335 e. The number of aryl methyl sites for hydroxylation is 1. The number of aromatic carboxylic acids is 1. The van der Waals surface area contributed by atoms with Crippen LogP contribution in [0, 0.1) is 0 Å². The van der Waals surface area contributed by atoms with Crippen molar-refractivity contribution >= 4 is 22.8 Å². The second kappa shape index (κ2) is 6.04. The lowest BCUT2D eigenvalue weighted by atomic mass is 10.0. The lowest BCUT2D eigenvalue weighted by Gasteiger charge is -2.17. The zero-order valence-corrected chi connectivity index (χ0v) is 13.4. The Morgan fingerprint density at radius 1 is 1.39 bits per heavy atom. The Balaban J connectivity index is 2.11. The molecular formula is C17H21N3O3. The van der Waals surface area contributed by atoms with Crippen molar-refractivity contribution in [2.45, 2.75) is 19.4 Å². The first-order valence-electron chi connectivity index (χ1n) is 7.80. The molecule has 1 aromatic carbocycles. The monoisotopic (exact) mass is 315 g/mol. The average Bonchev–Trinajstić information content (AvgIpc) is 2.82. The summed E-state index contributed by atoms with van der Waals surface area (Å²) < 4.78 is 2.04. The first-order chi connectivity index (χ1) is 11.0. The normalized spacial score (nSPS) is 14.1. The predicted molar refractivity (Wildman–Crippen MR) is 88.1 cm³/mol. The third-order valence-corrected chi connectivity index (χ3v) is 4.28. The van der Waals surface area contributed by atoms with Gasteiger partial charge in [-0.15, -0.1) is 0 Å². The van der Waals surface area contributed by atoms with Gasteiger partial charge in [0.1, 0.15) is 5.69 Å². The molecule has 1 amide bonds. The third-order valence-electron chi connectivity index (χ3n) is 4.28. The number of amides is 1. The summed E-state index contributed by atoms with van der Waals surface area (Å²) in [5.41, 5.74) is 2.86. The Kier molecular flexibility index (Phi) is 4.09. The topological polar surface area (TPSA) is 74.6 Å². The minimum absolute atomic E-state index is 0.0656. The molecule has 1 aliphatic heterocycles. The molecule has 1 aromatic heterocycles. The fourth-order valence-corrected chi connectivity index (χ4v) is 3.23. The van der Waals surface area contributed by atoms with E-state index in [9.17, 15) is 14.7 Å². The van der Waals surface area contributed by atoms with Gasteiger partial charge in [0.2, 0.25) is 0 Å². The van der Waals surface area contributed by atoms with Crippen LogP contribution in [0.2, 0.25) is 0 Å². The molecule has 2 heterocycles. The Bertz CT molecular complexity index is 777. The van der Waals surface area contributed by atoms with Crippen LogP contribution in [-0.2, 0) is 13.0 Å². The van der Waals surface area contributed by atoms with Crippen molar-refractivity contribution in [3.63, 3.8) is 0 Å². The molecule has 1 aliphatic rings. The van der Waals surface area contributed by atoms with Crippen molar-refractivity contribution in [1.29, 1.82) is 0 Å². The molecular weight excluding hydrogens is 294 g/mol. The number of carboxylic acid groups (broad SMARTS) is 1. The SMILES string of the molecule is CN(C)CCCn1c2c(c3cc(C(=O)O)ccc31)CCNC2=O. The van der Waals surface area contributed by atoms with E-state index in [-0.39, 0.29) is 11.5 Å². The Hall–Kier alpha value is -2.34. The molecule has 0 aliphatic carbocycles. The zero-order valence-electron chi connectivity index (χ0n) is 13.4. The minimum Gasteiger partial charge on any atom is -0.478 e. The van der Waals surface area contributed by atoms with Gasteiger partial charge in [-0.2, -0.15) is 0 Å². The van der Waals surface area contributed by atoms with E-state index in [2.05, 4.69) is 10.2 Å². The summed E-state index contributed by atoms with van der Waals surface area (Å²) in [5, 5.41) is 13.0. The van der Waals surface area contributed by atoms with Gasteiger partial charge in [-0.05, 0) is 57.2 Å². The van der Waals surface area contributed by atoms with Crippen LogP contribution in [-0.4, -0.2) is 53.6 Å². The summed E-state index contributed by atoms with van der Waals surface area (Å²) in [6, 6.07) is 5.12. The second-order valence-electron chi connectivity index (χ2n) is 6.18. The van der Waals surface area contributed by atoms with E-state index in [1.54, 1.807) is 12.1 Å². The van der Waals surface area contributed by atoms with Crippen LogP contribution in [0.25, 0.3) is 10.9 Å². The second-order valence-corrected chi connectivity index (χ2v) is 6.18. The van der Waals surface area contributed by atoms with Gasteiger partial charge in [0, 0.05) is 24.0 Å². The van der Waals surface area contributed by atoms with Crippen molar-refractivity contribution in [2.75, 3.05) is 27.2 Å². The number of fused-ring (bicyclic) bond motifs is 3. The van der Waals surface area contributed by atoms with Gasteiger partial charge in [0.05, 0.1) is 5.56 Å². The molecule has 6 nitrogen and oxygen atoms in total. The molecule has 0 bridgehead atoms. The van der Waals surface area contributed by atoms with Gasteiger partial charge < -0.3 is 19.9 Å². The lowest BCUT2D eigenvalue weighted by molar-refractivity contribution is 0.0696. The summed E-state index contributed by atoms with van der Waals surface area (Å²) in [6.45, 7) is 2.27. The van der Waals surface area contributed by atoms with E-state index < -0.39 is 5.97 Å². The van der Waals surface area contributed by atoms with Gasteiger partial charge in [-0.1, -0.05) is 0 Å². The van der Waals surface area contributed by atoms with Crippen molar-refractivity contribution in [2.24, 2.45) is 0 Å². The summed E-state index contributed by atoms with van der Waals surface area (Å²) >= 11 is 0. The standard InChI is InChI=1S/C17H21N3O3/c1-19(2)8-3-9-20-14-5-4-11(17(22)23)10-13(14)12-6-7-18-16(21)15(12)20/h4-5,10H,3,6-9H2,1-2H3,(H,18,21)(H,22,23). The van der Waals surface area contributed by atoms with Gasteiger partial charge in [-0.3, -0.25) is 4.79 Å². The molecule has 6 heteroatoms. The van der Waals surface area contributed by atoms with Crippen LogP contribution in [0.5, 0.6) is 0 Å². The van der Waals surface area contributed by atoms with Crippen LogP contribution in [0.15, 0.2) is 18.2 Å². The van der Waals surface area contributed by atoms with E-state index in [1.807, 2.05) is 24.7 Å². The Labute approximate surface area is 134 Å². The van der Waals surface area contributed by atoms with Crippen LogP contribution < -0.4 is 5.32 Å². The number of hydrogen-bond acceptors (Lipinski definition) is 3. The molecule has 3 rings (SSSR count). The minimum atomic E-state index is -0.943. The fraction of sp³-hybridized carbons (Fsp3) is 0.412. The first kappa shape index (κ1) is 15.6. The lowest BCUT2D eigenvalue weighted by Crippen LogP contribution is -2.33. The molecule has 0 fully saturated rings. The van der Waals surface area contributed by atoms with E-state index >= 15 is 0 Å². The highest BCUT2D eigenvalue weighted by Crippen LogP contribution is 2.30. The summed E-state index contributed by atoms with van der Waals surface area (Å²) in [6.07, 6.45) is 1.67. The first-order valence-corrected chi connectivity index (χ1v) is 7.80. The summed E-state index contributed by atoms with van der Waals surface area (Å²) in [5.74, 6) is -1.01. The summed E-state index contributed by atoms with van der Waals surface area (Å²) in [4.78, 5) is 25.7. The molecule has 0 unspecified atom stereocenters. The van der Waals surface area contributed by atoms with Crippen LogP contribution >= 0.6 is 0 Å². The van der Waals surface area contributed by atoms with Crippen LogP contribution in [0.3, 0.4) is 0 Å². The van der Waals surface area contributed by atoms with Crippen molar-refractivity contribution in [3.05, 3.63) is 35.0 Å². The van der Waals surface area contributed by atoms with E-state index in [0.29, 0.717) is 12.2 Å². The third kappa shape index (κ3) is 2.82. The highest BCUT2D eigenvalue weighted by atomic mass is 16.4. The number of carbonyl (C=O) groups is 2. The fourth-order valence-electron chi connectivity index (χ4n) is 3.23.